The highest BCUT2D eigenvalue weighted by molar-refractivity contribution is 5.95. The van der Waals surface area contributed by atoms with Crippen LogP contribution in [0.15, 0.2) is 18.2 Å². The van der Waals surface area contributed by atoms with Crippen molar-refractivity contribution in [1.29, 1.82) is 0 Å². The molecule has 0 aliphatic heterocycles. The number of nitrogens with one attached hydrogen (secondary N) is 1. The van der Waals surface area contributed by atoms with Crippen molar-refractivity contribution in [3.63, 3.8) is 0 Å². The molecule has 1 aromatic rings. The van der Waals surface area contributed by atoms with Gasteiger partial charge in [-0.1, -0.05) is 6.92 Å². The molecule has 0 spiro atoms. The average Bonchev–Trinajstić information content (AvgIpc) is 2.29. The Morgan fingerprint density at radius 1 is 1.38 bits per heavy atom. The maximum atomic E-state index is 11.6. The number of aromatic hydroxyl groups is 2. The minimum atomic E-state index is -0.392. The van der Waals surface area contributed by atoms with Gasteiger partial charge in [-0.05, 0) is 24.6 Å². The van der Waals surface area contributed by atoms with E-state index in [1.165, 1.54) is 18.2 Å². The van der Waals surface area contributed by atoms with Crippen molar-refractivity contribution in [3.8, 4) is 11.5 Å². The van der Waals surface area contributed by atoms with Crippen LogP contribution in [0.5, 0.6) is 11.5 Å². The van der Waals surface area contributed by atoms with E-state index in [0.29, 0.717) is 6.42 Å². The molecule has 0 heterocycles. The first-order valence-corrected chi connectivity index (χ1v) is 5.02. The maximum absolute atomic E-state index is 11.6. The molecule has 0 aliphatic rings. The molecule has 0 radical (unpaired) electrons. The van der Waals surface area contributed by atoms with Gasteiger partial charge in [-0.2, -0.15) is 0 Å². The molecule has 16 heavy (non-hydrogen) atoms. The highest BCUT2D eigenvalue weighted by Crippen LogP contribution is 2.24. The summed E-state index contributed by atoms with van der Waals surface area (Å²) in [5.74, 6) is -1.01. The monoisotopic (exact) mass is 225 g/mol. The lowest BCUT2D eigenvalue weighted by atomic mass is 10.1. The highest BCUT2D eigenvalue weighted by Gasteiger charge is 2.12. The second-order valence-corrected chi connectivity index (χ2v) is 3.46. The summed E-state index contributed by atoms with van der Waals surface area (Å²) in [7, 11) is 0. The Morgan fingerprint density at radius 3 is 2.56 bits per heavy atom. The molecular formula is C11H15NO4. The number of carbonyl (C=O) groups excluding carboxylic acids is 1. The Kier molecular flexibility index (Phi) is 4.13. The van der Waals surface area contributed by atoms with Crippen LogP contribution < -0.4 is 5.32 Å². The molecule has 1 atom stereocenters. The summed E-state index contributed by atoms with van der Waals surface area (Å²) in [6.07, 6.45) is 0.617. The third-order valence-corrected chi connectivity index (χ3v) is 2.29. The Balaban J connectivity index is 2.76. The molecule has 0 saturated heterocycles. The molecule has 0 bridgehead atoms. The lowest BCUT2D eigenvalue weighted by molar-refractivity contribution is 0.0914. The van der Waals surface area contributed by atoms with E-state index in [9.17, 15) is 9.90 Å². The number of amides is 1. The largest absolute Gasteiger partial charge is 0.504 e. The molecule has 5 nitrogen and oxygen atoms in total. The van der Waals surface area contributed by atoms with Crippen molar-refractivity contribution in [1.82, 2.24) is 5.32 Å². The Bertz CT molecular complexity index is 374. The number of carbonyl (C=O) groups is 1. The molecule has 5 heteroatoms. The molecule has 1 rings (SSSR count). The zero-order chi connectivity index (χ0) is 12.1. The number of hydrogen-bond acceptors (Lipinski definition) is 4. The molecule has 0 fully saturated rings. The van der Waals surface area contributed by atoms with E-state index in [4.69, 9.17) is 10.2 Å². The zero-order valence-corrected chi connectivity index (χ0v) is 8.97. The van der Waals surface area contributed by atoms with Crippen molar-refractivity contribution in [3.05, 3.63) is 23.8 Å². The third-order valence-electron chi connectivity index (χ3n) is 2.29. The number of aliphatic hydroxyl groups excluding tert-OH is 1. The summed E-state index contributed by atoms with van der Waals surface area (Å²) < 4.78 is 0. The average molecular weight is 225 g/mol. The quantitative estimate of drug-likeness (QED) is 0.565. The Labute approximate surface area is 93.4 Å². The predicted molar refractivity (Wildman–Crippen MR) is 58.4 cm³/mol. The maximum Gasteiger partial charge on any atom is 0.251 e. The van der Waals surface area contributed by atoms with Gasteiger partial charge >= 0.3 is 0 Å². The van der Waals surface area contributed by atoms with Gasteiger partial charge in [0.15, 0.2) is 11.5 Å². The van der Waals surface area contributed by atoms with E-state index >= 15 is 0 Å². The predicted octanol–water partition coefficient (Wildman–Crippen LogP) is 0.599. The SMILES string of the molecule is CC[C@H](CO)NC(=O)c1ccc(O)c(O)c1. The summed E-state index contributed by atoms with van der Waals surface area (Å²) in [5.41, 5.74) is 0.238. The second-order valence-electron chi connectivity index (χ2n) is 3.46. The van der Waals surface area contributed by atoms with Crippen molar-refractivity contribution in [2.75, 3.05) is 6.61 Å². The first kappa shape index (κ1) is 12.3. The number of benzene rings is 1. The molecule has 1 amide bonds. The second kappa shape index (κ2) is 5.37. The summed E-state index contributed by atoms with van der Waals surface area (Å²) in [4.78, 5) is 11.6. The van der Waals surface area contributed by atoms with Crippen LogP contribution in [0.4, 0.5) is 0 Å². The number of phenols is 2. The fraction of sp³-hybridized carbons (Fsp3) is 0.364. The third kappa shape index (κ3) is 2.87. The molecule has 0 unspecified atom stereocenters. The molecule has 4 N–H and O–H groups in total. The van der Waals surface area contributed by atoms with Crippen LogP contribution >= 0.6 is 0 Å². The van der Waals surface area contributed by atoms with Gasteiger partial charge in [-0.15, -0.1) is 0 Å². The van der Waals surface area contributed by atoms with Gasteiger partial charge in [0, 0.05) is 5.56 Å². The normalized spacial score (nSPS) is 12.1. The van der Waals surface area contributed by atoms with Crippen LogP contribution in [-0.4, -0.2) is 33.9 Å². The molecule has 88 valence electrons. The Hall–Kier alpha value is -1.75. The van der Waals surface area contributed by atoms with Crippen molar-refractivity contribution in [2.45, 2.75) is 19.4 Å². The van der Waals surface area contributed by atoms with E-state index in [1.54, 1.807) is 0 Å². The van der Waals surface area contributed by atoms with Crippen molar-refractivity contribution in [2.24, 2.45) is 0 Å². The minimum Gasteiger partial charge on any atom is -0.504 e. The van der Waals surface area contributed by atoms with Crippen LogP contribution in [0.2, 0.25) is 0 Å². The highest BCUT2D eigenvalue weighted by atomic mass is 16.3. The molecule has 1 aromatic carbocycles. The van der Waals surface area contributed by atoms with Crippen molar-refractivity contribution < 1.29 is 20.1 Å². The van der Waals surface area contributed by atoms with Crippen LogP contribution in [-0.2, 0) is 0 Å². The number of rotatable bonds is 4. The fourth-order valence-corrected chi connectivity index (χ4v) is 1.21. The number of phenolic OH excluding ortho intramolecular Hbond substituents is 2. The topological polar surface area (TPSA) is 89.8 Å². The summed E-state index contributed by atoms with van der Waals surface area (Å²) in [6, 6.07) is 3.51. The molecule has 0 aliphatic carbocycles. The van der Waals surface area contributed by atoms with Gasteiger partial charge in [-0.25, -0.2) is 0 Å². The molecule has 0 aromatic heterocycles. The van der Waals surface area contributed by atoms with Gasteiger partial charge in [0.05, 0.1) is 12.6 Å². The van der Waals surface area contributed by atoms with Gasteiger partial charge in [0.1, 0.15) is 0 Å². The van der Waals surface area contributed by atoms with Crippen molar-refractivity contribution >= 4 is 5.91 Å². The summed E-state index contributed by atoms with van der Waals surface area (Å²) in [6.45, 7) is 1.71. The molecular weight excluding hydrogens is 210 g/mol. The smallest absolute Gasteiger partial charge is 0.251 e. The van der Waals surface area contributed by atoms with Crippen LogP contribution in [0.25, 0.3) is 0 Å². The van der Waals surface area contributed by atoms with Crippen LogP contribution in [0.1, 0.15) is 23.7 Å². The first-order valence-electron chi connectivity index (χ1n) is 5.02. The lowest BCUT2D eigenvalue weighted by Crippen LogP contribution is -2.36. The van der Waals surface area contributed by atoms with E-state index in [0.717, 1.165) is 0 Å². The van der Waals surface area contributed by atoms with E-state index in [1.807, 2.05) is 6.92 Å². The number of hydrogen-bond donors (Lipinski definition) is 4. The minimum absolute atomic E-state index is 0.133. The standard InChI is InChI=1S/C11H15NO4/c1-2-8(6-13)12-11(16)7-3-4-9(14)10(15)5-7/h3-5,8,13-15H,2,6H2,1H3,(H,12,16)/t8-/m1/s1. The van der Waals surface area contributed by atoms with E-state index in [2.05, 4.69) is 5.32 Å². The Morgan fingerprint density at radius 2 is 2.06 bits per heavy atom. The van der Waals surface area contributed by atoms with Crippen LogP contribution in [0.3, 0.4) is 0 Å². The summed E-state index contributed by atoms with van der Waals surface area (Å²) >= 11 is 0. The lowest BCUT2D eigenvalue weighted by Gasteiger charge is -2.14. The number of aliphatic hydroxyl groups is 1. The van der Waals surface area contributed by atoms with E-state index in [-0.39, 0.29) is 29.7 Å². The van der Waals surface area contributed by atoms with Crippen LogP contribution in [0, 0.1) is 0 Å². The fourth-order valence-electron chi connectivity index (χ4n) is 1.21. The first-order chi connectivity index (χ1) is 7.58. The van der Waals surface area contributed by atoms with Gasteiger partial charge in [-0.3, -0.25) is 4.79 Å². The van der Waals surface area contributed by atoms with Gasteiger partial charge in [0.2, 0.25) is 0 Å². The van der Waals surface area contributed by atoms with Gasteiger partial charge in [0.25, 0.3) is 5.91 Å². The zero-order valence-electron chi connectivity index (χ0n) is 8.97. The molecule has 0 saturated carbocycles. The van der Waals surface area contributed by atoms with E-state index < -0.39 is 5.91 Å². The summed E-state index contributed by atoms with van der Waals surface area (Å²) in [5, 5.41) is 29.8. The van der Waals surface area contributed by atoms with Gasteiger partial charge < -0.3 is 20.6 Å².